The standard InChI is InChI=1S/C11H11NO2S/c1-11(7-12,10(13)14)8-3-5-9(15-2)6-4-8/h3-6H,1-2H3,(H,13,14). The van der Waals surface area contributed by atoms with E-state index >= 15 is 0 Å². The quantitative estimate of drug-likeness (QED) is 0.795. The normalized spacial score (nSPS) is 13.9. The van der Waals surface area contributed by atoms with Gasteiger partial charge in [0.25, 0.3) is 0 Å². The number of benzene rings is 1. The molecule has 1 atom stereocenters. The van der Waals surface area contributed by atoms with E-state index in [-0.39, 0.29) is 0 Å². The van der Waals surface area contributed by atoms with Crippen LogP contribution in [0.4, 0.5) is 0 Å². The zero-order chi connectivity index (χ0) is 11.5. The first-order chi connectivity index (χ1) is 7.04. The van der Waals surface area contributed by atoms with Crippen LogP contribution in [-0.2, 0) is 10.2 Å². The van der Waals surface area contributed by atoms with Gasteiger partial charge in [-0.25, -0.2) is 0 Å². The van der Waals surface area contributed by atoms with Gasteiger partial charge in [0.05, 0.1) is 6.07 Å². The Morgan fingerprint density at radius 2 is 2.00 bits per heavy atom. The summed E-state index contributed by atoms with van der Waals surface area (Å²) >= 11 is 1.57. The molecule has 78 valence electrons. The van der Waals surface area contributed by atoms with E-state index in [1.807, 2.05) is 24.5 Å². The molecule has 0 spiro atoms. The number of thioether (sulfide) groups is 1. The first-order valence-corrected chi connectivity index (χ1v) is 5.56. The molecule has 1 aromatic carbocycles. The van der Waals surface area contributed by atoms with E-state index in [0.29, 0.717) is 5.56 Å². The maximum Gasteiger partial charge on any atom is 0.328 e. The number of carbonyl (C=O) groups is 1. The van der Waals surface area contributed by atoms with Gasteiger partial charge in [-0.15, -0.1) is 11.8 Å². The Labute approximate surface area is 92.7 Å². The third-order valence-corrected chi connectivity index (χ3v) is 3.06. The Hall–Kier alpha value is -1.47. The van der Waals surface area contributed by atoms with E-state index in [2.05, 4.69) is 0 Å². The summed E-state index contributed by atoms with van der Waals surface area (Å²) in [5, 5.41) is 17.9. The molecule has 1 unspecified atom stereocenters. The van der Waals surface area contributed by atoms with Crippen LogP contribution in [0.15, 0.2) is 29.2 Å². The number of rotatable bonds is 3. The van der Waals surface area contributed by atoms with Crippen molar-refractivity contribution in [3.05, 3.63) is 29.8 Å². The van der Waals surface area contributed by atoms with E-state index in [0.717, 1.165) is 4.90 Å². The number of nitriles is 1. The van der Waals surface area contributed by atoms with Crippen molar-refractivity contribution in [3.63, 3.8) is 0 Å². The zero-order valence-electron chi connectivity index (χ0n) is 8.52. The number of hydrogen-bond acceptors (Lipinski definition) is 3. The minimum Gasteiger partial charge on any atom is -0.480 e. The number of carboxylic acid groups (broad SMARTS) is 1. The van der Waals surface area contributed by atoms with Crippen LogP contribution in [0.3, 0.4) is 0 Å². The maximum absolute atomic E-state index is 11.0. The van der Waals surface area contributed by atoms with Crippen molar-refractivity contribution in [1.29, 1.82) is 5.26 Å². The van der Waals surface area contributed by atoms with Gasteiger partial charge < -0.3 is 5.11 Å². The van der Waals surface area contributed by atoms with Crippen molar-refractivity contribution in [2.75, 3.05) is 6.26 Å². The topological polar surface area (TPSA) is 61.1 Å². The highest BCUT2D eigenvalue weighted by atomic mass is 32.2. The van der Waals surface area contributed by atoms with Gasteiger partial charge in [0.15, 0.2) is 5.41 Å². The molecular weight excluding hydrogens is 210 g/mol. The molecule has 0 bridgehead atoms. The van der Waals surface area contributed by atoms with Crippen LogP contribution in [0, 0.1) is 11.3 Å². The molecule has 0 aliphatic carbocycles. The Morgan fingerprint density at radius 3 is 2.33 bits per heavy atom. The average Bonchev–Trinajstić information content (AvgIpc) is 2.28. The summed E-state index contributed by atoms with van der Waals surface area (Å²) in [5.41, 5.74) is -0.952. The molecule has 0 aromatic heterocycles. The average molecular weight is 221 g/mol. The molecule has 0 heterocycles. The van der Waals surface area contributed by atoms with Gasteiger partial charge in [-0.1, -0.05) is 12.1 Å². The van der Waals surface area contributed by atoms with Crippen molar-refractivity contribution >= 4 is 17.7 Å². The number of aliphatic carboxylic acids is 1. The van der Waals surface area contributed by atoms with E-state index in [9.17, 15) is 4.79 Å². The van der Waals surface area contributed by atoms with Crippen LogP contribution in [0.2, 0.25) is 0 Å². The third-order valence-electron chi connectivity index (χ3n) is 2.32. The minimum atomic E-state index is -1.46. The molecule has 1 rings (SSSR count). The van der Waals surface area contributed by atoms with Crippen molar-refractivity contribution in [1.82, 2.24) is 0 Å². The third kappa shape index (κ3) is 2.13. The molecular formula is C11H11NO2S. The Bertz CT molecular complexity index is 408. The summed E-state index contributed by atoms with van der Waals surface area (Å²) < 4.78 is 0. The second kappa shape index (κ2) is 4.37. The fraction of sp³-hybridized carbons (Fsp3) is 0.273. The Kier molecular flexibility index (Phi) is 3.38. The Balaban J connectivity index is 3.15. The van der Waals surface area contributed by atoms with Crippen LogP contribution in [0.1, 0.15) is 12.5 Å². The highest BCUT2D eigenvalue weighted by molar-refractivity contribution is 7.98. The van der Waals surface area contributed by atoms with Crippen LogP contribution in [0.5, 0.6) is 0 Å². The molecule has 0 aliphatic rings. The lowest BCUT2D eigenvalue weighted by Gasteiger charge is -2.16. The van der Waals surface area contributed by atoms with Gasteiger partial charge in [0, 0.05) is 4.90 Å². The van der Waals surface area contributed by atoms with Crippen LogP contribution in [0.25, 0.3) is 0 Å². The lowest BCUT2D eigenvalue weighted by molar-refractivity contribution is -0.141. The summed E-state index contributed by atoms with van der Waals surface area (Å²) in [7, 11) is 0. The summed E-state index contributed by atoms with van der Waals surface area (Å²) in [6.07, 6.45) is 1.94. The lowest BCUT2D eigenvalue weighted by Crippen LogP contribution is -2.30. The SMILES string of the molecule is CSc1ccc(C(C)(C#N)C(=O)O)cc1. The first-order valence-electron chi connectivity index (χ1n) is 4.34. The highest BCUT2D eigenvalue weighted by Gasteiger charge is 2.35. The van der Waals surface area contributed by atoms with Crippen LogP contribution < -0.4 is 0 Å². The van der Waals surface area contributed by atoms with Crippen molar-refractivity contribution in [2.24, 2.45) is 0 Å². The largest absolute Gasteiger partial charge is 0.480 e. The predicted molar refractivity (Wildman–Crippen MR) is 58.8 cm³/mol. The molecule has 0 amide bonds. The van der Waals surface area contributed by atoms with Gasteiger partial charge in [0.1, 0.15) is 0 Å². The number of nitrogens with zero attached hydrogens (tertiary/aromatic N) is 1. The minimum absolute atomic E-state index is 0.510. The summed E-state index contributed by atoms with van der Waals surface area (Å²) in [5.74, 6) is -1.12. The van der Waals surface area contributed by atoms with Gasteiger partial charge in [-0.05, 0) is 30.9 Å². The second-order valence-electron chi connectivity index (χ2n) is 3.27. The molecule has 3 nitrogen and oxygen atoms in total. The fourth-order valence-corrected chi connectivity index (χ4v) is 1.57. The fourth-order valence-electron chi connectivity index (χ4n) is 1.16. The summed E-state index contributed by atoms with van der Waals surface area (Å²) in [6.45, 7) is 1.41. The number of hydrogen-bond donors (Lipinski definition) is 1. The first kappa shape index (κ1) is 11.6. The maximum atomic E-state index is 11.0. The zero-order valence-corrected chi connectivity index (χ0v) is 9.34. The van der Waals surface area contributed by atoms with Gasteiger partial charge in [-0.2, -0.15) is 5.26 Å². The summed E-state index contributed by atoms with van der Waals surface area (Å²) in [4.78, 5) is 12.0. The van der Waals surface area contributed by atoms with Gasteiger partial charge in [-0.3, -0.25) is 4.79 Å². The molecule has 0 saturated carbocycles. The molecule has 0 aliphatic heterocycles. The van der Waals surface area contributed by atoms with Crippen molar-refractivity contribution in [2.45, 2.75) is 17.2 Å². The summed E-state index contributed by atoms with van der Waals surface area (Å²) in [6, 6.07) is 8.83. The molecule has 15 heavy (non-hydrogen) atoms. The molecule has 4 heteroatoms. The van der Waals surface area contributed by atoms with Crippen molar-refractivity contribution in [3.8, 4) is 6.07 Å². The van der Waals surface area contributed by atoms with E-state index in [4.69, 9.17) is 10.4 Å². The monoisotopic (exact) mass is 221 g/mol. The molecule has 1 aromatic rings. The lowest BCUT2D eigenvalue weighted by atomic mass is 9.84. The number of carboxylic acids is 1. The highest BCUT2D eigenvalue weighted by Crippen LogP contribution is 2.25. The second-order valence-corrected chi connectivity index (χ2v) is 4.15. The smallest absolute Gasteiger partial charge is 0.328 e. The van der Waals surface area contributed by atoms with E-state index in [1.165, 1.54) is 6.92 Å². The van der Waals surface area contributed by atoms with Crippen LogP contribution >= 0.6 is 11.8 Å². The van der Waals surface area contributed by atoms with Gasteiger partial charge >= 0.3 is 5.97 Å². The van der Waals surface area contributed by atoms with Crippen molar-refractivity contribution < 1.29 is 9.90 Å². The Morgan fingerprint density at radius 1 is 1.47 bits per heavy atom. The van der Waals surface area contributed by atoms with E-state index < -0.39 is 11.4 Å². The van der Waals surface area contributed by atoms with Crippen LogP contribution in [-0.4, -0.2) is 17.3 Å². The van der Waals surface area contributed by atoms with Gasteiger partial charge in [0.2, 0.25) is 0 Å². The van der Waals surface area contributed by atoms with E-state index in [1.54, 1.807) is 23.9 Å². The molecule has 0 radical (unpaired) electrons. The molecule has 0 fully saturated rings. The predicted octanol–water partition coefficient (Wildman–Crippen LogP) is 2.27. The molecule has 1 N–H and O–H groups in total. The molecule has 0 saturated heterocycles.